The number of piperidine rings is 1. The predicted molar refractivity (Wildman–Crippen MR) is 177 cm³/mol. The number of para-hydroxylation sites is 1. The number of likely N-dealkylation sites (tertiary alicyclic amines) is 1. The van der Waals surface area contributed by atoms with Crippen LogP contribution in [0.1, 0.15) is 63.8 Å². The number of hydrogen-bond donors (Lipinski definition) is 1. The fourth-order valence-electron chi connectivity index (χ4n) is 6.27. The van der Waals surface area contributed by atoms with E-state index in [0.29, 0.717) is 26.1 Å². The number of benzene rings is 3. The molecule has 4 aromatic rings. The zero-order chi connectivity index (χ0) is 32.0. The van der Waals surface area contributed by atoms with Crippen molar-refractivity contribution in [1.82, 2.24) is 19.8 Å². The number of carbonyl (C=O) groups is 2. The first-order valence-corrected chi connectivity index (χ1v) is 15.9. The Labute approximate surface area is 265 Å². The maximum absolute atomic E-state index is 13.9. The van der Waals surface area contributed by atoms with Gasteiger partial charge in [0.15, 0.2) is 0 Å². The summed E-state index contributed by atoms with van der Waals surface area (Å²) >= 11 is 0. The van der Waals surface area contributed by atoms with E-state index in [1.165, 1.54) is 0 Å². The number of alkyl carbamates (subject to hydrolysis) is 1. The zero-order valence-electron chi connectivity index (χ0n) is 27.2. The van der Waals surface area contributed by atoms with Gasteiger partial charge in [0.2, 0.25) is 5.91 Å². The van der Waals surface area contributed by atoms with E-state index in [1.54, 1.807) is 14.2 Å². The van der Waals surface area contributed by atoms with Gasteiger partial charge in [0.1, 0.15) is 22.7 Å². The van der Waals surface area contributed by atoms with Gasteiger partial charge in [-0.05, 0) is 74.9 Å². The van der Waals surface area contributed by atoms with E-state index in [1.807, 2.05) is 49.9 Å². The van der Waals surface area contributed by atoms with Crippen molar-refractivity contribution in [1.29, 1.82) is 0 Å². The van der Waals surface area contributed by atoms with E-state index in [0.717, 1.165) is 64.8 Å². The predicted octanol–water partition coefficient (Wildman–Crippen LogP) is 6.47. The highest BCUT2D eigenvalue weighted by molar-refractivity contribution is 5.84. The van der Waals surface area contributed by atoms with Crippen LogP contribution in [0.4, 0.5) is 4.79 Å². The topological polar surface area (TPSA) is 94.9 Å². The van der Waals surface area contributed by atoms with E-state index < -0.39 is 17.7 Å². The van der Waals surface area contributed by atoms with Gasteiger partial charge in [-0.1, -0.05) is 48.5 Å². The number of nitrogens with one attached hydrogen (secondary N) is 1. The number of methoxy groups -OCH3 is 2. The second-order valence-corrected chi connectivity index (χ2v) is 12.9. The van der Waals surface area contributed by atoms with Gasteiger partial charge in [-0.2, -0.15) is 0 Å². The van der Waals surface area contributed by atoms with E-state index >= 15 is 0 Å². The third-order valence-electron chi connectivity index (χ3n) is 8.30. The van der Waals surface area contributed by atoms with Crippen LogP contribution in [-0.2, 0) is 27.2 Å². The molecule has 1 aromatic heterocycles. The van der Waals surface area contributed by atoms with Gasteiger partial charge in [0.25, 0.3) is 0 Å². The summed E-state index contributed by atoms with van der Waals surface area (Å²) in [5.74, 6) is 1.82. The van der Waals surface area contributed by atoms with Crippen LogP contribution in [0.15, 0.2) is 60.7 Å². The molecule has 1 saturated heterocycles. The Hall–Kier alpha value is -4.11. The number of amides is 2. The Balaban J connectivity index is 1.35. The molecular weight excluding hydrogens is 568 g/mol. The maximum Gasteiger partial charge on any atom is 0.407 e. The van der Waals surface area contributed by atoms with Crippen molar-refractivity contribution < 1.29 is 23.8 Å². The third-order valence-corrected chi connectivity index (χ3v) is 8.30. The Bertz CT molecular complexity index is 1630. The Morgan fingerprint density at radius 1 is 1.04 bits per heavy atom. The molecule has 0 aliphatic carbocycles. The SMILES string of the molecule is COCCCn1c(C2CCCN(C(=O)CC(Cc3ccc4ccccc4c3)NC(=O)OC(C)(C)C)C2)nc2c(OC)cccc21. The largest absolute Gasteiger partial charge is 0.494 e. The van der Waals surface area contributed by atoms with Gasteiger partial charge in [-0.25, -0.2) is 9.78 Å². The second-order valence-electron chi connectivity index (χ2n) is 12.9. The standard InChI is InChI=1S/C36H46N4O5/c1-36(2,3)45-35(42)37-29(22-25-16-17-26-11-6-7-12-27(26)21-25)23-32(41)39-18-9-13-28(24-39)34-38-33-30(14-8-15-31(33)44-5)40(34)19-10-20-43-4/h6-8,11-12,14-17,21,28-29H,9-10,13,18-20,22-24H2,1-5H3,(H,37,42). The first-order valence-electron chi connectivity index (χ1n) is 15.9. The molecule has 240 valence electrons. The molecule has 2 amide bonds. The van der Waals surface area contributed by atoms with Crippen LogP contribution in [-0.4, -0.2) is 72.0 Å². The molecule has 2 heterocycles. The summed E-state index contributed by atoms with van der Waals surface area (Å²) in [6.07, 6.45) is 2.85. The number of nitrogens with zero attached hydrogens (tertiary/aromatic N) is 3. The minimum absolute atomic E-state index is 0.0150. The van der Waals surface area contributed by atoms with Crippen molar-refractivity contribution in [2.24, 2.45) is 0 Å². The van der Waals surface area contributed by atoms with Crippen LogP contribution in [0.3, 0.4) is 0 Å². The highest BCUT2D eigenvalue weighted by atomic mass is 16.6. The number of carbonyl (C=O) groups excluding carboxylic acids is 2. The molecule has 5 rings (SSSR count). The minimum atomic E-state index is -0.640. The van der Waals surface area contributed by atoms with Gasteiger partial charge in [0.05, 0.1) is 12.6 Å². The van der Waals surface area contributed by atoms with Crippen molar-refractivity contribution in [2.75, 3.05) is 33.9 Å². The molecule has 0 radical (unpaired) electrons. The van der Waals surface area contributed by atoms with E-state index in [2.05, 4.69) is 46.3 Å². The van der Waals surface area contributed by atoms with Crippen molar-refractivity contribution >= 4 is 33.8 Å². The molecule has 0 saturated carbocycles. The summed E-state index contributed by atoms with van der Waals surface area (Å²) < 4.78 is 18.8. The number of aromatic nitrogens is 2. The zero-order valence-corrected chi connectivity index (χ0v) is 27.2. The van der Waals surface area contributed by atoms with E-state index in [4.69, 9.17) is 19.2 Å². The van der Waals surface area contributed by atoms with Gasteiger partial charge in [-0.3, -0.25) is 4.79 Å². The highest BCUT2D eigenvalue weighted by Gasteiger charge is 2.31. The lowest BCUT2D eigenvalue weighted by atomic mass is 9.95. The molecule has 9 nitrogen and oxygen atoms in total. The van der Waals surface area contributed by atoms with Crippen molar-refractivity contribution in [3.63, 3.8) is 0 Å². The van der Waals surface area contributed by atoms with E-state index in [-0.39, 0.29) is 18.2 Å². The summed E-state index contributed by atoms with van der Waals surface area (Å²) in [7, 11) is 3.38. The Kier molecular flexibility index (Phi) is 10.3. The molecule has 3 aromatic carbocycles. The third kappa shape index (κ3) is 8.14. The van der Waals surface area contributed by atoms with Crippen LogP contribution in [0, 0.1) is 0 Å². The fourth-order valence-corrected chi connectivity index (χ4v) is 6.27. The van der Waals surface area contributed by atoms with Crippen molar-refractivity contribution in [3.05, 3.63) is 72.1 Å². The Morgan fingerprint density at radius 3 is 2.60 bits per heavy atom. The molecular formula is C36H46N4O5. The normalized spacial score (nSPS) is 16.1. The molecule has 45 heavy (non-hydrogen) atoms. The molecule has 0 spiro atoms. The molecule has 2 unspecified atom stereocenters. The molecule has 1 fully saturated rings. The van der Waals surface area contributed by atoms with Gasteiger partial charge < -0.3 is 29.0 Å². The Morgan fingerprint density at radius 2 is 1.84 bits per heavy atom. The number of imidazole rings is 1. The first-order chi connectivity index (χ1) is 21.6. The lowest BCUT2D eigenvalue weighted by Gasteiger charge is -2.34. The second kappa shape index (κ2) is 14.3. The highest BCUT2D eigenvalue weighted by Crippen LogP contribution is 2.33. The molecule has 0 bridgehead atoms. The van der Waals surface area contributed by atoms with Gasteiger partial charge >= 0.3 is 6.09 Å². The molecule has 1 aliphatic rings. The lowest BCUT2D eigenvalue weighted by molar-refractivity contribution is -0.132. The lowest BCUT2D eigenvalue weighted by Crippen LogP contribution is -2.46. The molecule has 1 aliphatic heterocycles. The van der Waals surface area contributed by atoms with Gasteiger partial charge in [0, 0.05) is 51.7 Å². The first kappa shape index (κ1) is 32.3. The monoisotopic (exact) mass is 614 g/mol. The number of fused-ring (bicyclic) bond motifs is 2. The summed E-state index contributed by atoms with van der Waals surface area (Å²) in [4.78, 5) is 33.8. The number of rotatable bonds is 11. The van der Waals surface area contributed by atoms with Crippen LogP contribution in [0.25, 0.3) is 21.8 Å². The van der Waals surface area contributed by atoms with Crippen LogP contribution in [0.5, 0.6) is 5.75 Å². The van der Waals surface area contributed by atoms with E-state index in [9.17, 15) is 9.59 Å². The minimum Gasteiger partial charge on any atom is -0.494 e. The number of hydrogen-bond acceptors (Lipinski definition) is 6. The summed E-state index contributed by atoms with van der Waals surface area (Å²) in [6, 6.07) is 20.0. The van der Waals surface area contributed by atoms with Crippen LogP contribution >= 0.6 is 0 Å². The van der Waals surface area contributed by atoms with Crippen LogP contribution in [0.2, 0.25) is 0 Å². The summed E-state index contributed by atoms with van der Waals surface area (Å²) in [6.45, 7) is 8.18. The summed E-state index contributed by atoms with van der Waals surface area (Å²) in [5.41, 5.74) is 2.28. The van der Waals surface area contributed by atoms with Crippen LogP contribution < -0.4 is 10.1 Å². The smallest absolute Gasteiger partial charge is 0.407 e. The quantitative estimate of drug-likeness (QED) is 0.195. The average molecular weight is 615 g/mol. The molecule has 2 atom stereocenters. The van der Waals surface area contributed by atoms with Gasteiger partial charge in [-0.15, -0.1) is 0 Å². The number of ether oxygens (including phenoxy) is 3. The molecule has 9 heteroatoms. The van der Waals surface area contributed by atoms with Crippen molar-refractivity contribution in [3.8, 4) is 5.75 Å². The average Bonchev–Trinajstić information content (AvgIpc) is 3.39. The fraction of sp³-hybridized carbons (Fsp3) is 0.472. The maximum atomic E-state index is 13.9. The number of aryl methyl sites for hydroxylation is 1. The molecule has 1 N–H and O–H groups in total. The van der Waals surface area contributed by atoms with Crippen molar-refractivity contribution in [2.45, 2.75) is 77.0 Å². The summed E-state index contributed by atoms with van der Waals surface area (Å²) in [5, 5.41) is 5.28.